The van der Waals surface area contributed by atoms with Gasteiger partial charge in [-0.15, -0.1) is 0 Å². The van der Waals surface area contributed by atoms with Crippen LogP contribution in [0.5, 0.6) is 0 Å². The Bertz CT molecular complexity index is 941. The Balaban J connectivity index is 1.76. The number of amides is 1. The van der Waals surface area contributed by atoms with E-state index >= 15 is 0 Å². The van der Waals surface area contributed by atoms with Crippen LogP contribution in [0.15, 0.2) is 36.5 Å². The summed E-state index contributed by atoms with van der Waals surface area (Å²) in [4.78, 5) is 18.7. The first kappa shape index (κ1) is 18.4. The van der Waals surface area contributed by atoms with E-state index in [2.05, 4.69) is 10.3 Å². The highest BCUT2D eigenvalue weighted by atomic mass is 32.2. The standard InChI is InChI=1S/C19H23N3O3S/c1-13-4-5-16(10-14(13)2)21-19(23)15-6-8-20-18(11-15)22(3)17-7-9-26(24,25)12-17/h4-6,8,10-11,17H,7,9,12H2,1-3H3,(H,21,23). The van der Waals surface area contributed by atoms with Gasteiger partial charge in [0.05, 0.1) is 11.5 Å². The summed E-state index contributed by atoms with van der Waals surface area (Å²) in [6.07, 6.45) is 2.16. The quantitative estimate of drug-likeness (QED) is 0.891. The van der Waals surface area contributed by atoms with Crippen LogP contribution in [0.1, 0.15) is 27.9 Å². The molecule has 1 aliphatic rings. The minimum atomic E-state index is -2.97. The second-order valence-corrected chi connectivity index (χ2v) is 9.05. The zero-order valence-electron chi connectivity index (χ0n) is 15.2. The summed E-state index contributed by atoms with van der Waals surface area (Å²) in [6, 6.07) is 9.02. The van der Waals surface area contributed by atoms with Crippen molar-refractivity contribution in [2.75, 3.05) is 28.8 Å². The zero-order valence-corrected chi connectivity index (χ0v) is 16.0. The maximum atomic E-state index is 12.6. The molecule has 0 bridgehead atoms. The Kier molecular flexibility index (Phi) is 5.00. The molecule has 26 heavy (non-hydrogen) atoms. The van der Waals surface area contributed by atoms with E-state index in [0.29, 0.717) is 17.8 Å². The molecule has 6 nitrogen and oxygen atoms in total. The van der Waals surface area contributed by atoms with E-state index in [1.54, 1.807) is 18.3 Å². The fraction of sp³-hybridized carbons (Fsp3) is 0.368. The van der Waals surface area contributed by atoms with Crippen molar-refractivity contribution in [3.8, 4) is 0 Å². The third kappa shape index (κ3) is 4.04. The first-order valence-corrected chi connectivity index (χ1v) is 10.4. The lowest BCUT2D eigenvalue weighted by atomic mass is 10.1. The van der Waals surface area contributed by atoms with Crippen molar-refractivity contribution in [3.63, 3.8) is 0 Å². The number of nitrogens with one attached hydrogen (secondary N) is 1. The minimum Gasteiger partial charge on any atom is -0.356 e. The van der Waals surface area contributed by atoms with Gasteiger partial charge in [0.2, 0.25) is 0 Å². The van der Waals surface area contributed by atoms with Crippen LogP contribution in [0.2, 0.25) is 0 Å². The first-order chi connectivity index (χ1) is 12.2. The maximum Gasteiger partial charge on any atom is 0.255 e. The molecular formula is C19H23N3O3S. The van der Waals surface area contributed by atoms with E-state index in [4.69, 9.17) is 0 Å². The van der Waals surface area contributed by atoms with Crippen molar-refractivity contribution in [1.29, 1.82) is 0 Å². The summed E-state index contributed by atoms with van der Waals surface area (Å²) in [7, 11) is -1.15. The molecule has 0 saturated carbocycles. The lowest BCUT2D eigenvalue weighted by Gasteiger charge is -2.24. The molecule has 0 aliphatic carbocycles. The highest BCUT2D eigenvalue weighted by molar-refractivity contribution is 7.91. The van der Waals surface area contributed by atoms with Crippen LogP contribution in [0.3, 0.4) is 0 Å². The summed E-state index contributed by atoms with van der Waals surface area (Å²) >= 11 is 0. The topological polar surface area (TPSA) is 79.4 Å². The maximum absolute atomic E-state index is 12.6. The first-order valence-electron chi connectivity index (χ1n) is 8.53. The highest BCUT2D eigenvalue weighted by Gasteiger charge is 2.31. The van der Waals surface area contributed by atoms with Gasteiger partial charge >= 0.3 is 0 Å². The van der Waals surface area contributed by atoms with E-state index in [-0.39, 0.29) is 23.5 Å². The third-order valence-electron chi connectivity index (χ3n) is 4.89. The third-order valence-corrected chi connectivity index (χ3v) is 6.64. The molecule has 1 amide bonds. The van der Waals surface area contributed by atoms with E-state index in [1.807, 2.05) is 44.0 Å². The smallest absolute Gasteiger partial charge is 0.255 e. The van der Waals surface area contributed by atoms with Crippen molar-refractivity contribution < 1.29 is 13.2 Å². The van der Waals surface area contributed by atoms with Gasteiger partial charge in [-0.2, -0.15) is 0 Å². The SMILES string of the molecule is Cc1ccc(NC(=O)c2ccnc(N(C)C3CCS(=O)(=O)C3)c2)cc1C. The van der Waals surface area contributed by atoms with Gasteiger partial charge in [0.25, 0.3) is 5.91 Å². The molecule has 138 valence electrons. The van der Waals surface area contributed by atoms with Gasteiger partial charge in [-0.1, -0.05) is 6.07 Å². The summed E-state index contributed by atoms with van der Waals surface area (Å²) in [5.74, 6) is 0.711. The van der Waals surface area contributed by atoms with Crippen LogP contribution in [0.25, 0.3) is 0 Å². The molecule has 3 rings (SSSR count). The van der Waals surface area contributed by atoms with Gasteiger partial charge in [-0.3, -0.25) is 4.79 Å². The molecule has 2 heterocycles. The monoisotopic (exact) mass is 373 g/mol. The average molecular weight is 373 g/mol. The second-order valence-electron chi connectivity index (χ2n) is 6.82. The Morgan fingerprint density at radius 2 is 1.96 bits per heavy atom. The van der Waals surface area contributed by atoms with E-state index in [9.17, 15) is 13.2 Å². The number of hydrogen-bond acceptors (Lipinski definition) is 5. The van der Waals surface area contributed by atoms with E-state index < -0.39 is 9.84 Å². The van der Waals surface area contributed by atoms with Crippen molar-refractivity contribution in [2.24, 2.45) is 0 Å². The highest BCUT2D eigenvalue weighted by Crippen LogP contribution is 2.22. The molecule has 1 saturated heterocycles. The van der Waals surface area contributed by atoms with Gasteiger partial charge in [0.1, 0.15) is 5.82 Å². The molecule has 1 unspecified atom stereocenters. The number of sulfone groups is 1. The number of benzene rings is 1. The van der Waals surface area contributed by atoms with Gasteiger partial charge < -0.3 is 10.2 Å². The van der Waals surface area contributed by atoms with Crippen LogP contribution in [-0.2, 0) is 9.84 Å². The molecule has 1 aliphatic heterocycles. The Morgan fingerprint density at radius 1 is 1.19 bits per heavy atom. The minimum absolute atomic E-state index is 0.106. The number of aromatic nitrogens is 1. The van der Waals surface area contributed by atoms with Crippen molar-refractivity contribution >= 4 is 27.2 Å². The fourth-order valence-corrected chi connectivity index (χ4v) is 4.82. The number of hydrogen-bond donors (Lipinski definition) is 1. The predicted molar refractivity (Wildman–Crippen MR) is 104 cm³/mol. The summed E-state index contributed by atoms with van der Waals surface area (Å²) in [5, 5.41) is 2.89. The lowest BCUT2D eigenvalue weighted by Crippen LogP contribution is -2.33. The van der Waals surface area contributed by atoms with Crippen LogP contribution in [0, 0.1) is 13.8 Å². The Morgan fingerprint density at radius 3 is 2.62 bits per heavy atom. The Labute approximate surface area is 154 Å². The molecular weight excluding hydrogens is 350 g/mol. The van der Waals surface area contributed by atoms with Crippen molar-refractivity contribution in [2.45, 2.75) is 26.3 Å². The fourth-order valence-electron chi connectivity index (χ4n) is 3.04. The second kappa shape index (κ2) is 7.07. The Hall–Kier alpha value is -2.41. The van der Waals surface area contributed by atoms with Crippen LogP contribution in [-0.4, -0.2) is 43.9 Å². The van der Waals surface area contributed by atoms with Gasteiger partial charge in [-0.05, 0) is 55.7 Å². The number of pyridine rings is 1. The molecule has 0 radical (unpaired) electrons. The van der Waals surface area contributed by atoms with Crippen molar-refractivity contribution in [3.05, 3.63) is 53.2 Å². The largest absolute Gasteiger partial charge is 0.356 e. The molecule has 1 aromatic heterocycles. The molecule has 7 heteroatoms. The van der Waals surface area contributed by atoms with Gasteiger partial charge in [0.15, 0.2) is 9.84 Å². The summed E-state index contributed by atoms with van der Waals surface area (Å²) in [6.45, 7) is 4.02. The summed E-state index contributed by atoms with van der Waals surface area (Å²) in [5.41, 5.74) is 3.51. The number of nitrogens with zero attached hydrogens (tertiary/aromatic N) is 2. The number of anilines is 2. The zero-order chi connectivity index (χ0) is 18.9. The number of rotatable bonds is 4. The molecule has 1 fully saturated rings. The summed E-state index contributed by atoms with van der Waals surface area (Å²) < 4.78 is 23.4. The van der Waals surface area contributed by atoms with Crippen molar-refractivity contribution in [1.82, 2.24) is 4.98 Å². The van der Waals surface area contributed by atoms with Gasteiger partial charge in [0, 0.05) is 30.5 Å². The normalized spacial score (nSPS) is 18.5. The lowest BCUT2D eigenvalue weighted by molar-refractivity contribution is 0.102. The molecule has 2 aromatic rings. The predicted octanol–water partition coefficient (Wildman–Crippen LogP) is 2.57. The van der Waals surface area contributed by atoms with Crippen LogP contribution < -0.4 is 10.2 Å². The molecule has 0 spiro atoms. The molecule has 1 N–H and O–H groups in total. The average Bonchev–Trinajstić information content (AvgIpc) is 2.97. The number of carbonyl (C=O) groups is 1. The molecule has 1 atom stereocenters. The van der Waals surface area contributed by atoms with E-state index in [1.165, 1.54) is 5.56 Å². The van der Waals surface area contributed by atoms with Crippen LogP contribution >= 0.6 is 0 Å². The van der Waals surface area contributed by atoms with Crippen LogP contribution in [0.4, 0.5) is 11.5 Å². The number of carbonyl (C=O) groups excluding carboxylic acids is 1. The number of aryl methyl sites for hydroxylation is 2. The van der Waals surface area contributed by atoms with Gasteiger partial charge in [-0.25, -0.2) is 13.4 Å². The van der Waals surface area contributed by atoms with E-state index in [0.717, 1.165) is 11.3 Å². The molecule has 1 aromatic carbocycles.